The zero-order valence-corrected chi connectivity index (χ0v) is 18.0. The Morgan fingerprint density at radius 3 is 2.63 bits per heavy atom. The first kappa shape index (κ1) is 20.3. The number of anilines is 1. The molecule has 0 atom stereocenters. The van der Waals surface area contributed by atoms with Gasteiger partial charge in [0.1, 0.15) is 10.3 Å². The van der Waals surface area contributed by atoms with Gasteiger partial charge in [-0.3, -0.25) is 9.59 Å². The smallest absolute Gasteiger partial charge is 0.274 e. The fraction of sp³-hybridized carbons (Fsp3) is 0. The van der Waals surface area contributed by atoms with E-state index < -0.39 is 11.8 Å². The van der Waals surface area contributed by atoms with Gasteiger partial charge < -0.3 is 11.1 Å². The Morgan fingerprint density at radius 2 is 1.90 bits per heavy atom. The number of para-hydroxylation sites is 1. The van der Waals surface area contributed by atoms with Gasteiger partial charge in [-0.05, 0) is 34.1 Å². The van der Waals surface area contributed by atoms with Crippen molar-refractivity contribution < 1.29 is 9.59 Å². The van der Waals surface area contributed by atoms with Gasteiger partial charge in [0, 0.05) is 17.6 Å². The van der Waals surface area contributed by atoms with E-state index in [-0.39, 0.29) is 27.9 Å². The predicted molar refractivity (Wildman–Crippen MR) is 117 cm³/mol. The van der Waals surface area contributed by atoms with E-state index in [0.717, 1.165) is 0 Å². The maximum atomic E-state index is 13.1. The second kappa shape index (κ2) is 8.02. The fourth-order valence-corrected chi connectivity index (χ4v) is 3.72. The first-order valence-corrected chi connectivity index (χ1v) is 9.97. The van der Waals surface area contributed by atoms with Gasteiger partial charge in [-0.15, -0.1) is 0 Å². The minimum atomic E-state index is -0.833. The van der Waals surface area contributed by atoms with Crippen LogP contribution in [0.2, 0.25) is 10.0 Å². The van der Waals surface area contributed by atoms with Gasteiger partial charge in [-0.1, -0.05) is 41.4 Å². The molecule has 1 aromatic carbocycles. The van der Waals surface area contributed by atoms with Crippen LogP contribution in [0.3, 0.4) is 0 Å². The number of pyridine rings is 2. The molecule has 0 unspecified atom stereocenters. The van der Waals surface area contributed by atoms with Crippen molar-refractivity contribution >= 4 is 67.5 Å². The molecule has 4 aromatic rings. The van der Waals surface area contributed by atoms with E-state index in [4.69, 9.17) is 28.9 Å². The van der Waals surface area contributed by atoms with E-state index in [0.29, 0.717) is 20.5 Å². The van der Waals surface area contributed by atoms with Crippen LogP contribution in [0.15, 0.2) is 53.3 Å². The standard InChI is InChI=1S/C19H11BrCl2N6O2/c20-13-8-12(28(27-13)18-10(21)5-3-7-24-18)19(30)26-15-14(22)9-4-1-2-6-11(9)25-16(15)17(23)29/h1-8H,(H2,23,29)(H,26,30). The number of primary amides is 1. The topological polar surface area (TPSA) is 116 Å². The second-order valence-corrected chi connectivity index (χ2v) is 7.66. The minimum absolute atomic E-state index is 0.00357. The Morgan fingerprint density at radius 1 is 1.13 bits per heavy atom. The van der Waals surface area contributed by atoms with Gasteiger partial charge in [-0.2, -0.15) is 5.10 Å². The molecule has 0 aliphatic carbocycles. The molecule has 8 nitrogen and oxygen atoms in total. The molecule has 3 N–H and O–H groups in total. The maximum Gasteiger partial charge on any atom is 0.274 e. The lowest BCUT2D eigenvalue weighted by molar-refractivity contribution is 0.0997. The van der Waals surface area contributed by atoms with Crippen molar-refractivity contribution in [3.8, 4) is 5.82 Å². The normalized spacial score (nSPS) is 10.9. The fourth-order valence-electron chi connectivity index (χ4n) is 2.85. The number of hydrogen-bond donors (Lipinski definition) is 2. The summed E-state index contributed by atoms with van der Waals surface area (Å²) in [5, 5.41) is 7.84. The van der Waals surface area contributed by atoms with E-state index >= 15 is 0 Å². The number of halogens is 3. The van der Waals surface area contributed by atoms with E-state index in [1.54, 1.807) is 36.4 Å². The lowest BCUT2D eigenvalue weighted by Gasteiger charge is -2.13. The molecule has 3 heterocycles. The summed E-state index contributed by atoms with van der Waals surface area (Å²) in [7, 11) is 0. The van der Waals surface area contributed by atoms with E-state index in [9.17, 15) is 9.59 Å². The van der Waals surface area contributed by atoms with Crippen molar-refractivity contribution in [1.29, 1.82) is 0 Å². The number of rotatable bonds is 4. The third-order valence-corrected chi connectivity index (χ3v) is 5.23. The number of nitrogens with one attached hydrogen (secondary N) is 1. The number of benzene rings is 1. The average molecular weight is 506 g/mol. The highest BCUT2D eigenvalue weighted by molar-refractivity contribution is 9.10. The molecule has 4 rings (SSSR count). The van der Waals surface area contributed by atoms with Crippen molar-refractivity contribution in [2.24, 2.45) is 5.73 Å². The van der Waals surface area contributed by atoms with Crippen LogP contribution >= 0.6 is 39.1 Å². The van der Waals surface area contributed by atoms with Gasteiger partial charge >= 0.3 is 0 Å². The summed E-state index contributed by atoms with van der Waals surface area (Å²) in [6, 6.07) is 11.7. The van der Waals surface area contributed by atoms with Crippen LogP contribution in [0.1, 0.15) is 21.0 Å². The van der Waals surface area contributed by atoms with E-state index in [1.165, 1.54) is 16.9 Å². The number of fused-ring (bicyclic) bond motifs is 1. The maximum absolute atomic E-state index is 13.1. The third-order valence-electron chi connectivity index (χ3n) is 4.15. The molecule has 2 amide bonds. The number of carbonyl (C=O) groups is 2. The highest BCUT2D eigenvalue weighted by Crippen LogP contribution is 2.33. The zero-order chi connectivity index (χ0) is 21.4. The van der Waals surface area contributed by atoms with Crippen molar-refractivity contribution in [3.05, 3.63) is 74.7 Å². The molecule has 0 saturated carbocycles. The van der Waals surface area contributed by atoms with Crippen molar-refractivity contribution in [2.75, 3.05) is 5.32 Å². The number of aromatic nitrogens is 4. The van der Waals surface area contributed by atoms with Crippen LogP contribution in [0.25, 0.3) is 16.7 Å². The molecule has 0 radical (unpaired) electrons. The number of hydrogen-bond acceptors (Lipinski definition) is 5. The number of carbonyl (C=O) groups excluding carboxylic acids is 2. The summed E-state index contributed by atoms with van der Waals surface area (Å²) >= 11 is 15.9. The second-order valence-electron chi connectivity index (χ2n) is 6.06. The summed E-state index contributed by atoms with van der Waals surface area (Å²) in [6.07, 6.45) is 1.52. The molecule has 30 heavy (non-hydrogen) atoms. The molecule has 0 fully saturated rings. The predicted octanol–water partition coefficient (Wildman–Crippen LogP) is 4.24. The highest BCUT2D eigenvalue weighted by atomic mass is 79.9. The van der Waals surface area contributed by atoms with E-state index in [1.807, 2.05) is 0 Å². The van der Waals surface area contributed by atoms with Crippen molar-refractivity contribution in [2.45, 2.75) is 0 Å². The molecule has 0 bridgehead atoms. The van der Waals surface area contributed by atoms with Crippen LogP contribution in [0, 0.1) is 0 Å². The Labute approximate surface area is 188 Å². The molecule has 0 aliphatic heterocycles. The van der Waals surface area contributed by atoms with Gasteiger partial charge in [0.05, 0.1) is 21.2 Å². The Balaban J connectivity index is 1.82. The van der Waals surface area contributed by atoms with Crippen LogP contribution in [-0.2, 0) is 0 Å². The molecule has 11 heteroatoms. The third kappa shape index (κ3) is 3.62. The Bertz CT molecular complexity index is 1320. The SMILES string of the molecule is NC(=O)c1nc2ccccc2c(Cl)c1NC(=O)c1cc(Br)nn1-c1ncccc1Cl. The Hall–Kier alpha value is -3.01. The molecule has 150 valence electrons. The van der Waals surface area contributed by atoms with Gasteiger partial charge in [0.2, 0.25) is 0 Å². The summed E-state index contributed by atoms with van der Waals surface area (Å²) in [5.41, 5.74) is 5.89. The first-order valence-electron chi connectivity index (χ1n) is 8.42. The van der Waals surface area contributed by atoms with Gasteiger partial charge in [0.25, 0.3) is 11.8 Å². The highest BCUT2D eigenvalue weighted by Gasteiger charge is 2.23. The zero-order valence-electron chi connectivity index (χ0n) is 14.9. The van der Waals surface area contributed by atoms with Crippen LogP contribution < -0.4 is 11.1 Å². The quantitative estimate of drug-likeness (QED) is 0.430. The largest absolute Gasteiger partial charge is 0.364 e. The number of nitrogens with two attached hydrogens (primary N) is 1. The molecule has 0 spiro atoms. The Kier molecular flexibility index (Phi) is 5.42. The molecule has 0 aliphatic rings. The van der Waals surface area contributed by atoms with Crippen LogP contribution in [0.5, 0.6) is 0 Å². The van der Waals surface area contributed by atoms with Gasteiger partial charge in [-0.25, -0.2) is 14.6 Å². The van der Waals surface area contributed by atoms with Crippen molar-refractivity contribution in [1.82, 2.24) is 19.7 Å². The average Bonchev–Trinajstić information content (AvgIpc) is 3.11. The number of nitrogens with zero attached hydrogens (tertiary/aromatic N) is 4. The lowest BCUT2D eigenvalue weighted by Crippen LogP contribution is -2.22. The minimum Gasteiger partial charge on any atom is -0.364 e. The summed E-state index contributed by atoms with van der Waals surface area (Å²) in [6.45, 7) is 0. The molecular weight excluding hydrogens is 495 g/mol. The van der Waals surface area contributed by atoms with Crippen molar-refractivity contribution in [3.63, 3.8) is 0 Å². The number of amides is 2. The molecule has 3 aromatic heterocycles. The monoisotopic (exact) mass is 504 g/mol. The van der Waals surface area contributed by atoms with Crippen LogP contribution in [0.4, 0.5) is 5.69 Å². The summed E-state index contributed by atoms with van der Waals surface area (Å²) < 4.78 is 1.65. The van der Waals surface area contributed by atoms with Crippen LogP contribution in [-0.4, -0.2) is 31.6 Å². The van der Waals surface area contributed by atoms with Gasteiger partial charge in [0.15, 0.2) is 11.5 Å². The summed E-state index contributed by atoms with van der Waals surface area (Å²) in [4.78, 5) is 33.5. The first-order chi connectivity index (χ1) is 14.4. The lowest BCUT2D eigenvalue weighted by atomic mass is 10.1. The molecule has 0 saturated heterocycles. The van der Waals surface area contributed by atoms with E-state index in [2.05, 4.69) is 36.3 Å². The summed E-state index contributed by atoms with van der Waals surface area (Å²) in [5.74, 6) is -1.19. The molecular formula is C19H11BrCl2N6O2.